The molecule has 1 atom stereocenters. The largest absolute Gasteiger partial charge is 0.494 e. The number of piperazine rings is 1. The summed E-state index contributed by atoms with van der Waals surface area (Å²) in [5, 5.41) is 3.28. The molecule has 2 rings (SSSR count). The lowest BCUT2D eigenvalue weighted by Crippen LogP contribution is -2.56. The van der Waals surface area contributed by atoms with Crippen LogP contribution in [0.3, 0.4) is 0 Å². The first-order valence-corrected chi connectivity index (χ1v) is 10.8. The lowest BCUT2D eigenvalue weighted by molar-refractivity contribution is -0.779. The molecule has 0 saturated carbocycles. The molecule has 2 saturated heterocycles. The second-order valence-corrected chi connectivity index (χ2v) is 10.2. The van der Waals surface area contributed by atoms with Crippen molar-refractivity contribution in [2.24, 2.45) is 0 Å². The van der Waals surface area contributed by atoms with Crippen molar-refractivity contribution in [1.29, 1.82) is 0 Å². The van der Waals surface area contributed by atoms with E-state index in [2.05, 4.69) is 38.0 Å². The third kappa shape index (κ3) is 7.89. The Morgan fingerprint density at radius 2 is 1.81 bits per heavy atom. The maximum Gasteiger partial charge on any atom is 0.222 e. The summed E-state index contributed by atoms with van der Waals surface area (Å²) in [4.78, 5) is 17.2. The monoisotopic (exact) mass is 400 g/mol. The third-order valence-corrected chi connectivity index (χ3v) is 6.25. The zero-order chi connectivity index (χ0) is 20.1. The second-order valence-electron chi connectivity index (χ2n) is 9.34. The van der Waals surface area contributed by atoms with E-state index in [4.69, 9.17) is 17.6 Å². The predicted octanol–water partition coefficient (Wildman–Crippen LogP) is 1.38. The molecule has 1 unspecified atom stereocenters. The van der Waals surface area contributed by atoms with E-state index in [0.29, 0.717) is 19.1 Å². The minimum atomic E-state index is -0.143. The van der Waals surface area contributed by atoms with Crippen LogP contribution in [0.4, 0.5) is 0 Å². The highest BCUT2D eigenvalue weighted by Gasteiger charge is 2.30. The van der Waals surface area contributed by atoms with Gasteiger partial charge in [0, 0.05) is 57.5 Å². The lowest BCUT2D eigenvalue weighted by Gasteiger charge is -2.49. The standard InChI is InChI=1S/C20H40N4O2S/c1-20(2,3)26-16-17(21-4)6-7-19(25)23-12-10-22(11-13-23)18-8-14-24(5,27)15-9-18/h17-18,21H,6-16H2,1-5H3. The van der Waals surface area contributed by atoms with Gasteiger partial charge in [0.25, 0.3) is 0 Å². The maximum absolute atomic E-state index is 12.6. The van der Waals surface area contributed by atoms with E-state index >= 15 is 0 Å². The number of carbonyl (C=O) groups excluding carboxylic acids is 1. The van der Waals surface area contributed by atoms with Crippen molar-refractivity contribution < 1.29 is 13.4 Å². The molecule has 2 aliphatic heterocycles. The van der Waals surface area contributed by atoms with Gasteiger partial charge in [0.05, 0.1) is 32.3 Å². The lowest BCUT2D eigenvalue weighted by atomic mass is 10.0. The van der Waals surface area contributed by atoms with Crippen LogP contribution < -0.4 is 5.32 Å². The highest BCUT2D eigenvalue weighted by Crippen LogP contribution is 2.21. The highest BCUT2D eigenvalue weighted by molar-refractivity contribution is 7.52. The number of amides is 1. The van der Waals surface area contributed by atoms with Crippen molar-refractivity contribution in [2.75, 3.05) is 60.0 Å². The van der Waals surface area contributed by atoms with Gasteiger partial charge in [-0.3, -0.25) is 9.69 Å². The van der Waals surface area contributed by atoms with Gasteiger partial charge >= 0.3 is 0 Å². The topological polar surface area (TPSA) is 44.8 Å². The Morgan fingerprint density at radius 3 is 2.33 bits per heavy atom. The minimum absolute atomic E-state index is 0.143. The van der Waals surface area contributed by atoms with Crippen LogP contribution in [0.25, 0.3) is 0 Å². The van der Waals surface area contributed by atoms with Gasteiger partial charge < -0.3 is 31.7 Å². The van der Waals surface area contributed by atoms with Gasteiger partial charge in [-0.2, -0.15) is 0 Å². The van der Waals surface area contributed by atoms with Crippen LogP contribution in [0.1, 0.15) is 46.5 Å². The Hall–Kier alpha value is -0.340. The van der Waals surface area contributed by atoms with Crippen molar-refractivity contribution in [3.05, 3.63) is 0 Å². The molecule has 0 aliphatic carbocycles. The number of nitrogens with zero attached hydrogens (tertiary/aromatic N) is 3. The molecule has 27 heavy (non-hydrogen) atoms. The fourth-order valence-electron chi connectivity index (χ4n) is 3.92. The van der Waals surface area contributed by atoms with Gasteiger partial charge in [0.1, 0.15) is 0 Å². The number of ether oxygens (including phenoxy) is 1. The van der Waals surface area contributed by atoms with Gasteiger partial charge in [-0.25, -0.2) is 0 Å². The first-order valence-electron chi connectivity index (χ1n) is 10.5. The van der Waals surface area contributed by atoms with Gasteiger partial charge in [0.2, 0.25) is 5.91 Å². The number of likely N-dealkylation sites (N-methyl/N-ethyl adjacent to an activating group) is 1. The average Bonchev–Trinajstić information content (AvgIpc) is 2.61. The summed E-state index contributed by atoms with van der Waals surface area (Å²) in [5.41, 5.74) is -0.143. The number of piperidine rings is 1. The summed E-state index contributed by atoms with van der Waals surface area (Å²) in [5.74, 6) is 0.282. The van der Waals surface area contributed by atoms with E-state index in [9.17, 15) is 4.79 Å². The van der Waals surface area contributed by atoms with Crippen LogP contribution in [0, 0.1) is 0 Å². The number of likely N-dealkylation sites (tertiary alicyclic amines) is 1. The number of quaternary nitrogens is 1. The van der Waals surface area contributed by atoms with Crippen molar-refractivity contribution in [1.82, 2.24) is 15.1 Å². The van der Waals surface area contributed by atoms with Crippen LogP contribution >= 0.6 is 0 Å². The maximum atomic E-state index is 12.6. The fourth-order valence-corrected chi connectivity index (χ4v) is 4.13. The molecule has 0 aromatic rings. The molecule has 6 nitrogen and oxygen atoms in total. The molecule has 0 bridgehead atoms. The molecule has 7 heteroatoms. The van der Waals surface area contributed by atoms with Crippen LogP contribution in [0.2, 0.25) is 0 Å². The van der Waals surface area contributed by atoms with Gasteiger partial charge in [-0.1, -0.05) is 0 Å². The summed E-state index contributed by atoms with van der Waals surface area (Å²) >= 11 is 5.55. The number of rotatable bonds is 7. The van der Waals surface area contributed by atoms with E-state index in [1.165, 1.54) is 12.8 Å². The first-order chi connectivity index (χ1) is 12.6. The highest BCUT2D eigenvalue weighted by atomic mass is 32.1. The Morgan fingerprint density at radius 1 is 1.22 bits per heavy atom. The number of hydrogen-bond acceptors (Lipinski definition) is 5. The molecule has 2 aliphatic rings. The summed E-state index contributed by atoms with van der Waals surface area (Å²) in [6.07, 6.45) is 3.79. The molecule has 0 aromatic carbocycles. The fraction of sp³-hybridized carbons (Fsp3) is 0.950. The Labute approximate surface area is 171 Å². The number of nitrogens with one attached hydrogen (secondary N) is 1. The molecular weight excluding hydrogens is 360 g/mol. The molecule has 0 spiro atoms. The summed E-state index contributed by atoms with van der Waals surface area (Å²) in [6, 6.07) is 0.877. The van der Waals surface area contributed by atoms with Gasteiger partial charge in [0.15, 0.2) is 0 Å². The quantitative estimate of drug-likeness (QED) is 0.517. The van der Waals surface area contributed by atoms with Crippen molar-refractivity contribution in [3.8, 4) is 0 Å². The number of hydrogen-bond donors (Lipinski definition) is 1. The van der Waals surface area contributed by atoms with Crippen molar-refractivity contribution >= 4 is 18.7 Å². The smallest absolute Gasteiger partial charge is 0.222 e. The van der Waals surface area contributed by atoms with Crippen molar-refractivity contribution in [2.45, 2.75) is 64.1 Å². The molecule has 0 aromatic heterocycles. The Kier molecular flexibility index (Phi) is 8.43. The third-order valence-electron chi connectivity index (χ3n) is 5.89. The second kappa shape index (κ2) is 9.92. The summed E-state index contributed by atoms with van der Waals surface area (Å²) < 4.78 is 6.59. The normalized spacial score (nSPS) is 29.0. The molecular formula is C20H40N4O2S. The zero-order valence-electron chi connectivity index (χ0n) is 18.0. The Balaban J connectivity index is 1.68. The molecule has 158 valence electrons. The van der Waals surface area contributed by atoms with E-state index in [-0.39, 0.29) is 17.6 Å². The minimum Gasteiger partial charge on any atom is -0.494 e. The predicted molar refractivity (Wildman–Crippen MR) is 112 cm³/mol. The van der Waals surface area contributed by atoms with E-state index in [1.54, 1.807) is 0 Å². The van der Waals surface area contributed by atoms with Gasteiger partial charge in [-0.15, -0.1) is 0 Å². The van der Waals surface area contributed by atoms with E-state index in [1.807, 2.05) is 11.9 Å². The van der Waals surface area contributed by atoms with Crippen LogP contribution in [0.5, 0.6) is 0 Å². The van der Waals surface area contributed by atoms with Crippen molar-refractivity contribution in [3.63, 3.8) is 0 Å². The SMILES string of the molecule is CNC(CCC(=O)N1CCN(C2CC[N+](C)([S-])CC2)CC1)COC(C)(C)C. The average molecular weight is 401 g/mol. The van der Waals surface area contributed by atoms with E-state index < -0.39 is 0 Å². The van der Waals surface area contributed by atoms with Crippen LogP contribution in [-0.4, -0.2) is 97.3 Å². The van der Waals surface area contributed by atoms with Crippen LogP contribution in [0.15, 0.2) is 0 Å². The van der Waals surface area contributed by atoms with Crippen LogP contribution in [-0.2, 0) is 22.3 Å². The summed E-state index contributed by atoms with van der Waals surface area (Å²) in [6.45, 7) is 12.7. The zero-order valence-corrected chi connectivity index (χ0v) is 18.8. The summed E-state index contributed by atoms with van der Waals surface area (Å²) in [7, 11) is 4.09. The molecule has 1 amide bonds. The number of carbonyl (C=O) groups is 1. The van der Waals surface area contributed by atoms with E-state index in [0.717, 1.165) is 49.6 Å². The molecule has 1 N–H and O–H groups in total. The van der Waals surface area contributed by atoms with Gasteiger partial charge in [-0.05, 0) is 34.2 Å². The molecule has 2 fully saturated rings. The Bertz CT molecular complexity index is 463. The first kappa shape index (κ1) is 22.9. The molecule has 2 heterocycles. The molecule has 0 radical (unpaired) electrons.